The second-order valence-electron chi connectivity index (χ2n) is 8.43. The molecule has 1 aromatic carbocycles. The fourth-order valence-electron chi connectivity index (χ4n) is 5.22. The van der Waals surface area contributed by atoms with Crippen molar-refractivity contribution in [2.75, 3.05) is 7.05 Å². The van der Waals surface area contributed by atoms with Gasteiger partial charge in [0.15, 0.2) is 0 Å². The van der Waals surface area contributed by atoms with Crippen LogP contribution in [0, 0.1) is 24.7 Å². The molecule has 150 valence electrons. The standard InChI is InChI=1S/C23H25N3O2S/c1-14-8-11-18(29-14)21-24-22(28-25-21)19-16-9-10-17(12-16)20(19)23(27)26(2)13-15-6-4-3-5-7-15/h3-8,11,16-17,19-20H,9-10,12-13H2,1-2H3/t16-,17+,19+,20+/m1/s1. The molecule has 0 N–H and O–H groups in total. The van der Waals surface area contributed by atoms with Gasteiger partial charge >= 0.3 is 0 Å². The van der Waals surface area contributed by atoms with E-state index in [-0.39, 0.29) is 17.7 Å². The number of hydrogen-bond donors (Lipinski definition) is 0. The molecule has 2 aromatic heterocycles. The number of rotatable bonds is 5. The Morgan fingerprint density at radius 3 is 2.72 bits per heavy atom. The Labute approximate surface area is 174 Å². The summed E-state index contributed by atoms with van der Waals surface area (Å²) in [4.78, 5) is 22.3. The molecule has 6 heteroatoms. The molecule has 29 heavy (non-hydrogen) atoms. The molecule has 2 fully saturated rings. The number of thiophene rings is 1. The molecule has 5 rings (SSSR count). The highest BCUT2D eigenvalue weighted by Gasteiger charge is 2.54. The maximum Gasteiger partial charge on any atom is 0.231 e. The van der Waals surface area contributed by atoms with Gasteiger partial charge in [-0.15, -0.1) is 11.3 Å². The first-order chi connectivity index (χ1) is 14.1. The van der Waals surface area contributed by atoms with E-state index in [2.05, 4.69) is 30.3 Å². The van der Waals surface area contributed by atoms with Crippen molar-refractivity contribution in [3.63, 3.8) is 0 Å². The van der Waals surface area contributed by atoms with Crippen LogP contribution in [0.2, 0.25) is 0 Å². The van der Waals surface area contributed by atoms with Crippen molar-refractivity contribution < 1.29 is 9.32 Å². The zero-order valence-electron chi connectivity index (χ0n) is 16.7. The molecule has 2 bridgehead atoms. The minimum Gasteiger partial charge on any atom is -0.341 e. The molecule has 0 unspecified atom stereocenters. The number of aromatic nitrogens is 2. The number of aryl methyl sites for hydroxylation is 1. The Balaban J connectivity index is 1.39. The Bertz CT molecular complexity index is 1010. The second kappa shape index (κ2) is 7.41. The predicted octanol–water partition coefficient (Wildman–Crippen LogP) is 4.89. The van der Waals surface area contributed by atoms with Gasteiger partial charge in [0.2, 0.25) is 17.6 Å². The van der Waals surface area contributed by atoms with Gasteiger partial charge in [0, 0.05) is 18.5 Å². The summed E-state index contributed by atoms with van der Waals surface area (Å²) in [6.07, 6.45) is 3.37. The van der Waals surface area contributed by atoms with Gasteiger partial charge in [-0.2, -0.15) is 4.98 Å². The molecule has 4 atom stereocenters. The van der Waals surface area contributed by atoms with E-state index in [9.17, 15) is 4.79 Å². The molecule has 0 aliphatic heterocycles. The highest BCUT2D eigenvalue weighted by atomic mass is 32.1. The number of nitrogens with zero attached hydrogens (tertiary/aromatic N) is 3. The topological polar surface area (TPSA) is 59.2 Å². The molecule has 2 aliphatic rings. The summed E-state index contributed by atoms with van der Waals surface area (Å²) < 4.78 is 5.72. The van der Waals surface area contributed by atoms with Crippen LogP contribution >= 0.6 is 11.3 Å². The van der Waals surface area contributed by atoms with Gasteiger partial charge in [-0.1, -0.05) is 35.5 Å². The van der Waals surface area contributed by atoms with Crippen LogP contribution < -0.4 is 0 Å². The van der Waals surface area contributed by atoms with Crippen molar-refractivity contribution in [1.29, 1.82) is 0 Å². The zero-order valence-corrected chi connectivity index (χ0v) is 17.6. The number of benzene rings is 1. The third kappa shape index (κ3) is 3.39. The summed E-state index contributed by atoms with van der Waals surface area (Å²) in [5.74, 6) is 2.38. The van der Waals surface area contributed by atoms with Crippen molar-refractivity contribution in [1.82, 2.24) is 15.0 Å². The van der Waals surface area contributed by atoms with E-state index in [1.165, 1.54) is 4.88 Å². The molecule has 2 aliphatic carbocycles. The van der Waals surface area contributed by atoms with Crippen molar-refractivity contribution in [2.24, 2.45) is 17.8 Å². The minimum atomic E-state index is -0.0548. The van der Waals surface area contributed by atoms with E-state index in [4.69, 9.17) is 9.51 Å². The zero-order chi connectivity index (χ0) is 20.0. The number of carbonyl (C=O) groups excluding carboxylic acids is 1. The fourth-order valence-corrected chi connectivity index (χ4v) is 6.01. The molecule has 3 aromatic rings. The van der Waals surface area contributed by atoms with E-state index in [1.807, 2.05) is 36.2 Å². The molecule has 0 radical (unpaired) electrons. The third-order valence-electron chi connectivity index (χ3n) is 6.53. The average molecular weight is 408 g/mol. The van der Waals surface area contributed by atoms with Crippen molar-refractivity contribution in [3.8, 4) is 10.7 Å². The fraction of sp³-hybridized carbons (Fsp3) is 0.435. The minimum absolute atomic E-state index is 0.0433. The van der Waals surface area contributed by atoms with Crippen LogP contribution in [0.5, 0.6) is 0 Å². The van der Waals surface area contributed by atoms with E-state index in [0.717, 1.165) is 29.7 Å². The van der Waals surface area contributed by atoms with Gasteiger partial charge in [-0.3, -0.25) is 4.79 Å². The lowest BCUT2D eigenvalue weighted by Crippen LogP contribution is -2.38. The summed E-state index contributed by atoms with van der Waals surface area (Å²) in [7, 11) is 1.91. The predicted molar refractivity (Wildman–Crippen MR) is 112 cm³/mol. The lowest BCUT2D eigenvalue weighted by molar-refractivity contribution is -0.137. The van der Waals surface area contributed by atoms with Crippen molar-refractivity contribution >= 4 is 17.2 Å². The van der Waals surface area contributed by atoms with Crippen LogP contribution in [0.1, 0.15) is 41.5 Å². The highest BCUT2D eigenvalue weighted by molar-refractivity contribution is 7.15. The summed E-state index contributed by atoms with van der Waals surface area (Å²) in [5.41, 5.74) is 1.15. The molecule has 0 saturated heterocycles. The second-order valence-corrected chi connectivity index (χ2v) is 9.72. The number of fused-ring (bicyclic) bond motifs is 2. The lowest BCUT2D eigenvalue weighted by atomic mass is 9.78. The highest BCUT2D eigenvalue weighted by Crippen LogP contribution is 2.57. The van der Waals surface area contributed by atoms with Crippen LogP contribution in [-0.4, -0.2) is 28.0 Å². The van der Waals surface area contributed by atoms with Crippen molar-refractivity contribution in [3.05, 3.63) is 58.8 Å². The summed E-state index contributed by atoms with van der Waals surface area (Å²) in [6.45, 7) is 2.70. The average Bonchev–Trinajstić information content (AvgIpc) is 3.51. The van der Waals surface area contributed by atoms with Gasteiger partial charge in [0.05, 0.1) is 16.7 Å². The van der Waals surface area contributed by atoms with Crippen LogP contribution in [0.3, 0.4) is 0 Å². The van der Waals surface area contributed by atoms with Crippen LogP contribution in [-0.2, 0) is 11.3 Å². The quantitative estimate of drug-likeness (QED) is 0.604. The van der Waals surface area contributed by atoms with E-state index < -0.39 is 0 Å². The summed E-state index contributed by atoms with van der Waals surface area (Å²) in [5, 5.41) is 4.23. The normalized spacial score (nSPS) is 25.4. The van der Waals surface area contributed by atoms with Crippen LogP contribution in [0.4, 0.5) is 0 Å². The van der Waals surface area contributed by atoms with E-state index in [0.29, 0.717) is 30.1 Å². The van der Waals surface area contributed by atoms with Gasteiger partial charge in [-0.25, -0.2) is 0 Å². The van der Waals surface area contributed by atoms with E-state index in [1.54, 1.807) is 11.3 Å². The molecule has 5 nitrogen and oxygen atoms in total. The Kier molecular flexibility index (Phi) is 4.74. The van der Waals surface area contributed by atoms with E-state index >= 15 is 0 Å². The largest absolute Gasteiger partial charge is 0.341 e. The van der Waals surface area contributed by atoms with Crippen LogP contribution in [0.15, 0.2) is 47.0 Å². The smallest absolute Gasteiger partial charge is 0.231 e. The van der Waals surface area contributed by atoms with Crippen molar-refractivity contribution in [2.45, 2.75) is 38.6 Å². The molecule has 2 heterocycles. The summed E-state index contributed by atoms with van der Waals surface area (Å²) in [6, 6.07) is 14.3. The Morgan fingerprint density at radius 1 is 1.17 bits per heavy atom. The maximum absolute atomic E-state index is 13.4. The SMILES string of the molecule is Cc1ccc(-c2noc([C@H]3[C@@H]4CC[C@@H](C4)[C@@H]3C(=O)N(C)Cc3ccccc3)n2)s1. The lowest BCUT2D eigenvalue weighted by Gasteiger charge is -2.31. The summed E-state index contributed by atoms with van der Waals surface area (Å²) >= 11 is 1.67. The van der Waals surface area contributed by atoms with Gasteiger partial charge < -0.3 is 9.42 Å². The maximum atomic E-state index is 13.4. The number of carbonyl (C=O) groups is 1. The first kappa shape index (κ1) is 18.6. The van der Waals surface area contributed by atoms with Gasteiger partial charge in [0.1, 0.15) is 0 Å². The first-order valence-corrected chi connectivity index (χ1v) is 11.1. The third-order valence-corrected chi connectivity index (χ3v) is 7.52. The molecule has 1 amide bonds. The van der Waals surface area contributed by atoms with Crippen LogP contribution in [0.25, 0.3) is 10.7 Å². The monoisotopic (exact) mass is 407 g/mol. The molecular weight excluding hydrogens is 382 g/mol. The Hall–Kier alpha value is -2.47. The molecule has 2 saturated carbocycles. The first-order valence-electron chi connectivity index (χ1n) is 10.3. The molecular formula is C23H25N3O2S. The molecule has 0 spiro atoms. The van der Waals surface area contributed by atoms with Gasteiger partial charge in [-0.05, 0) is 55.7 Å². The Morgan fingerprint density at radius 2 is 1.97 bits per heavy atom. The number of hydrogen-bond acceptors (Lipinski definition) is 5. The number of amides is 1. The van der Waals surface area contributed by atoms with Gasteiger partial charge in [0.25, 0.3) is 0 Å².